The quantitative estimate of drug-likeness (QED) is 0.711. The van der Waals surface area contributed by atoms with Crippen LogP contribution in [0.25, 0.3) is 0 Å². The highest BCUT2D eigenvalue weighted by Crippen LogP contribution is 2.30. The average Bonchev–Trinajstić information content (AvgIpc) is 2.25. The molecule has 0 radical (unpaired) electrons. The summed E-state index contributed by atoms with van der Waals surface area (Å²) >= 11 is 0. The normalized spacial score (nSPS) is 13.2. The number of benzene rings is 1. The molecule has 0 heterocycles. The third kappa shape index (κ3) is 3.80. The molecule has 0 amide bonds. The summed E-state index contributed by atoms with van der Waals surface area (Å²) in [6.45, 7) is 7.27. The lowest BCUT2D eigenvalue weighted by Gasteiger charge is -2.15. The molecule has 0 aliphatic rings. The van der Waals surface area contributed by atoms with Crippen LogP contribution in [0, 0.1) is 0 Å². The molecule has 1 aromatic carbocycles. The molecule has 1 atom stereocenters. The van der Waals surface area contributed by atoms with Crippen LogP contribution in [0.4, 0.5) is 13.2 Å². The maximum absolute atomic E-state index is 12.2. The predicted molar refractivity (Wildman–Crippen MR) is 61.1 cm³/mol. The lowest BCUT2D eigenvalue weighted by molar-refractivity contribution is -0.274. The zero-order chi connectivity index (χ0) is 13.1. The van der Waals surface area contributed by atoms with Crippen molar-refractivity contribution in [1.29, 1.82) is 0 Å². The molecule has 4 heteroatoms. The number of aryl methyl sites for hydroxylation is 1. The summed E-state index contributed by atoms with van der Waals surface area (Å²) in [5.74, 6) is -0.123. The van der Waals surface area contributed by atoms with E-state index < -0.39 is 6.36 Å². The molecule has 0 bridgehead atoms. The second kappa shape index (κ2) is 5.25. The minimum absolute atomic E-state index is 0.00325. The SMILES string of the molecule is C=CC(C)c1ccc(CC)c(OC(F)(F)F)c1. The Morgan fingerprint density at radius 3 is 2.53 bits per heavy atom. The van der Waals surface area contributed by atoms with E-state index >= 15 is 0 Å². The molecule has 1 rings (SSSR count). The van der Waals surface area contributed by atoms with E-state index in [1.54, 1.807) is 25.1 Å². The van der Waals surface area contributed by atoms with Crippen molar-refractivity contribution >= 4 is 0 Å². The largest absolute Gasteiger partial charge is 0.573 e. The van der Waals surface area contributed by atoms with Gasteiger partial charge in [0.1, 0.15) is 5.75 Å². The van der Waals surface area contributed by atoms with E-state index in [-0.39, 0.29) is 11.7 Å². The number of allylic oxidation sites excluding steroid dienone is 1. The molecule has 0 N–H and O–H groups in total. The third-order valence-corrected chi connectivity index (χ3v) is 2.58. The van der Waals surface area contributed by atoms with Gasteiger partial charge < -0.3 is 4.74 Å². The highest BCUT2D eigenvalue weighted by atomic mass is 19.4. The van der Waals surface area contributed by atoms with Crippen LogP contribution in [0.15, 0.2) is 30.9 Å². The van der Waals surface area contributed by atoms with Gasteiger partial charge in [0, 0.05) is 0 Å². The minimum Gasteiger partial charge on any atom is -0.405 e. The first-order valence-corrected chi connectivity index (χ1v) is 5.38. The van der Waals surface area contributed by atoms with Crippen molar-refractivity contribution in [3.8, 4) is 5.75 Å². The summed E-state index contributed by atoms with van der Waals surface area (Å²) in [5.41, 5.74) is 1.30. The summed E-state index contributed by atoms with van der Waals surface area (Å²) in [6.07, 6.45) is -2.48. The second-order valence-corrected chi connectivity index (χ2v) is 3.79. The Morgan fingerprint density at radius 2 is 2.06 bits per heavy atom. The van der Waals surface area contributed by atoms with E-state index in [2.05, 4.69) is 11.3 Å². The van der Waals surface area contributed by atoms with Crippen molar-refractivity contribution in [1.82, 2.24) is 0 Å². The summed E-state index contributed by atoms with van der Waals surface area (Å²) in [4.78, 5) is 0. The van der Waals surface area contributed by atoms with Gasteiger partial charge in [-0.05, 0) is 29.5 Å². The van der Waals surface area contributed by atoms with E-state index in [0.29, 0.717) is 12.0 Å². The van der Waals surface area contributed by atoms with Crippen molar-refractivity contribution in [2.24, 2.45) is 0 Å². The second-order valence-electron chi connectivity index (χ2n) is 3.79. The molecule has 94 valence electrons. The maximum atomic E-state index is 12.2. The van der Waals surface area contributed by atoms with Gasteiger partial charge in [-0.25, -0.2) is 0 Å². The number of rotatable bonds is 4. The molecule has 0 fully saturated rings. The van der Waals surface area contributed by atoms with Crippen LogP contribution in [0.5, 0.6) is 5.75 Å². The van der Waals surface area contributed by atoms with E-state index in [4.69, 9.17) is 0 Å². The van der Waals surface area contributed by atoms with E-state index in [1.807, 2.05) is 6.92 Å². The van der Waals surface area contributed by atoms with Crippen LogP contribution in [0.2, 0.25) is 0 Å². The topological polar surface area (TPSA) is 9.23 Å². The average molecular weight is 244 g/mol. The maximum Gasteiger partial charge on any atom is 0.573 e. The third-order valence-electron chi connectivity index (χ3n) is 2.58. The zero-order valence-electron chi connectivity index (χ0n) is 9.84. The molecule has 0 saturated heterocycles. The molecule has 0 aliphatic carbocycles. The Labute approximate surface area is 98.9 Å². The standard InChI is InChI=1S/C13H15F3O/c1-4-9(3)11-7-6-10(5-2)12(8-11)17-13(14,15)16/h4,6-9H,1,5H2,2-3H3. The smallest absolute Gasteiger partial charge is 0.405 e. The van der Waals surface area contributed by atoms with Crippen molar-refractivity contribution < 1.29 is 17.9 Å². The van der Waals surface area contributed by atoms with Gasteiger partial charge in [-0.2, -0.15) is 0 Å². The van der Waals surface area contributed by atoms with Crippen molar-refractivity contribution in [2.45, 2.75) is 32.5 Å². The molecule has 1 unspecified atom stereocenters. The fourth-order valence-electron chi connectivity index (χ4n) is 1.50. The first-order chi connectivity index (χ1) is 7.87. The van der Waals surface area contributed by atoms with Crippen LogP contribution in [-0.2, 0) is 6.42 Å². The monoisotopic (exact) mass is 244 g/mol. The number of ether oxygens (including phenoxy) is 1. The van der Waals surface area contributed by atoms with Gasteiger partial charge in [0.2, 0.25) is 0 Å². The van der Waals surface area contributed by atoms with Crippen LogP contribution in [0.1, 0.15) is 30.9 Å². The Hall–Kier alpha value is -1.45. The summed E-state index contributed by atoms with van der Waals surface area (Å²) < 4.78 is 40.7. The Kier molecular flexibility index (Phi) is 4.21. The van der Waals surface area contributed by atoms with Gasteiger partial charge in [-0.15, -0.1) is 19.8 Å². The van der Waals surface area contributed by atoms with Crippen molar-refractivity contribution in [3.05, 3.63) is 42.0 Å². The van der Waals surface area contributed by atoms with Crippen molar-refractivity contribution in [3.63, 3.8) is 0 Å². The Bertz CT molecular complexity index is 396. The lowest BCUT2D eigenvalue weighted by Crippen LogP contribution is -2.18. The minimum atomic E-state index is -4.65. The number of hydrogen-bond donors (Lipinski definition) is 0. The van der Waals surface area contributed by atoms with E-state index in [9.17, 15) is 13.2 Å². The molecule has 0 saturated carbocycles. The molecule has 0 spiro atoms. The molecule has 17 heavy (non-hydrogen) atoms. The van der Waals surface area contributed by atoms with Gasteiger partial charge in [-0.1, -0.05) is 32.1 Å². The first-order valence-electron chi connectivity index (χ1n) is 5.38. The van der Waals surface area contributed by atoms with E-state index in [0.717, 1.165) is 5.56 Å². The summed E-state index contributed by atoms with van der Waals surface area (Å²) in [6, 6.07) is 4.89. The molecule has 1 nitrogen and oxygen atoms in total. The first kappa shape index (κ1) is 13.6. The lowest BCUT2D eigenvalue weighted by atomic mass is 9.98. The Morgan fingerprint density at radius 1 is 1.41 bits per heavy atom. The van der Waals surface area contributed by atoms with Gasteiger partial charge in [-0.3, -0.25) is 0 Å². The zero-order valence-corrected chi connectivity index (χ0v) is 9.84. The predicted octanol–water partition coefficient (Wildman–Crippen LogP) is 4.44. The van der Waals surface area contributed by atoms with Gasteiger partial charge >= 0.3 is 6.36 Å². The van der Waals surface area contributed by atoms with Gasteiger partial charge in [0.25, 0.3) is 0 Å². The highest BCUT2D eigenvalue weighted by Gasteiger charge is 2.32. The van der Waals surface area contributed by atoms with Crippen LogP contribution >= 0.6 is 0 Å². The summed E-state index contributed by atoms with van der Waals surface area (Å²) in [5, 5.41) is 0. The molecular formula is C13H15F3O. The summed E-state index contributed by atoms with van der Waals surface area (Å²) in [7, 11) is 0. The molecule has 0 aromatic heterocycles. The van der Waals surface area contributed by atoms with Gasteiger partial charge in [0.05, 0.1) is 0 Å². The fourth-order valence-corrected chi connectivity index (χ4v) is 1.50. The Balaban J connectivity index is 3.10. The number of halogens is 3. The van der Waals surface area contributed by atoms with Crippen LogP contribution in [-0.4, -0.2) is 6.36 Å². The van der Waals surface area contributed by atoms with Crippen LogP contribution < -0.4 is 4.74 Å². The van der Waals surface area contributed by atoms with Gasteiger partial charge in [0.15, 0.2) is 0 Å². The fraction of sp³-hybridized carbons (Fsp3) is 0.385. The highest BCUT2D eigenvalue weighted by molar-refractivity contribution is 5.39. The molecule has 0 aliphatic heterocycles. The van der Waals surface area contributed by atoms with Crippen LogP contribution in [0.3, 0.4) is 0 Å². The number of alkyl halides is 3. The van der Waals surface area contributed by atoms with E-state index in [1.165, 1.54) is 6.07 Å². The molecular weight excluding hydrogens is 229 g/mol. The van der Waals surface area contributed by atoms with Crippen molar-refractivity contribution in [2.75, 3.05) is 0 Å². The molecule has 1 aromatic rings. The number of hydrogen-bond acceptors (Lipinski definition) is 1.